The van der Waals surface area contributed by atoms with Gasteiger partial charge in [0.15, 0.2) is 0 Å². The van der Waals surface area contributed by atoms with Crippen LogP contribution >= 0.6 is 11.6 Å². The zero-order chi connectivity index (χ0) is 15.0. The molecule has 0 aliphatic rings. The standard InChI is InChI=1S/C14H20ClFN2O2/c1-2-3-6-18(7-8-19)10-14(20)17-11-4-5-13(16)12(15)9-11/h4-5,9,19H,2-3,6-8,10H2,1H3,(H,17,20). The summed E-state index contributed by atoms with van der Waals surface area (Å²) in [5.41, 5.74) is 0.459. The predicted molar refractivity (Wildman–Crippen MR) is 78.5 cm³/mol. The van der Waals surface area contributed by atoms with Crippen LogP contribution in [0.4, 0.5) is 10.1 Å². The fourth-order valence-electron chi connectivity index (χ4n) is 1.77. The number of anilines is 1. The van der Waals surface area contributed by atoms with E-state index in [9.17, 15) is 9.18 Å². The largest absolute Gasteiger partial charge is 0.395 e. The zero-order valence-electron chi connectivity index (χ0n) is 11.5. The molecule has 0 bridgehead atoms. The maximum Gasteiger partial charge on any atom is 0.238 e. The first kappa shape index (κ1) is 16.9. The summed E-state index contributed by atoms with van der Waals surface area (Å²) in [6, 6.07) is 4.04. The summed E-state index contributed by atoms with van der Waals surface area (Å²) < 4.78 is 13.0. The van der Waals surface area contributed by atoms with Crippen molar-refractivity contribution in [1.82, 2.24) is 4.90 Å². The molecule has 1 aromatic carbocycles. The number of nitrogens with one attached hydrogen (secondary N) is 1. The van der Waals surface area contributed by atoms with Crippen molar-refractivity contribution in [2.24, 2.45) is 0 Å². The summed E-state index contributed by atoms with van der Waals surface area (Å²) in [4.78, 5) is 13.8. The van der Waals surface area contributed by atoms with E-state index in [0.717, 1.165) is 19.4 Å². The first-order chi connectivity index (χ1) is 9.56. The van der Waals surface area contributed by atoms with E-state index in [0.29, 0.717) is 12.2 Å². The number of hydrogen-bond donors (Lipinski definition) is 2. The van der Waals surface area contributed by atoms with E-state index >= 15 is 0 Å². The maximum atomic E-state index is 13.0. The van der Waals surface area contributed by atoms with E-state index < -0.39 is 5.82 Å². The zero-order valence-corrected chi connectivity index (χ0v) is 12.3. The van der Waals surface area contributed by atoms with Gasteiger partial charge in [-0.05, 0) is 31.2 Å². The van der Waals surface area contributed by atoms with Crippen LogP contribution in [0.3, 0.4) is 0 Å². The monoisotopic (exact) mass is 302 g/mol. The molecule has 1 aromatic rings. The second-order valence-electron chi connectivity index (χ2n) is 4.53. The van der Waals surface area contributed by atoms with Gasteiger partial charge in [-0.25, -0.2) is 4.39 Å². The molecular weight excluding hydrogens is 283 g/mol. The third kappa shape index (κ3) is 5.86. The van der Waals surface area contributed by atoms with Crippen LogP contribution in [-0.2, 0) is 4.79 Å². The number of aliphatic hydroxyl groups is 1. The number of amides is 1. The molecule has 2 N–H and O–H groups in total. The molecule has 0 saturated heterocycles. The van der Waals surface area contributed by atoms with Crippen molar-refractivity contribution >= 4 is 23.2 Å². The third-order valence-corrected chi connectivity index (χ3v) is 3.10. The number of hydrogen-bond acceptors (Lipinski definition) is 3. The van der Waals surface area contributed by atoms with Crippen molar-refractivity contribution in [3.05, 3.63) is 29.0 Å². The summed E-state index contributed by atoms with van der Waals surface area (Å²) in [5.74, 6) is -0.730. The van der Waals surface area contributed by atoms with Gasteiger partial charge in [-0.1, -0.05) is 24.9 Å². The Bertz CT molecular complexity index is 443. The van der Waals surface area contributed by atoms with Gasteiger partial charge in [-0.15, -0.1) is 0 Å². The molecule has 0 atom stereocenters. The van der Waals surface area contributed by atoms with Gasteiger partial charge in [0.2, 0.25) is 5.91 Å². The van der Waals surface area contributed by atoms with Crippen molar-refractivity contribution in [1.29, 1.82) is 0 Å². The molecule has 1 amide bonds. The lowest BCUT2D eigenvalue weighted by Gasteiger charge is -2.20. The SMILES string of the molecule is CCCCN(CCO)CC(=O)Nc1ccc(F)c(Cl)c1. The number of aliphatic hydroxyl groups excluding tert-OH is 1. The van der Waals surface area contributed by atoms with Gasteiger partial charge in [-0.3, -0.25) is 9.69 Å². The van der Waals surface area contributed by atoms with E-state index in [4.69, 9.17) is 16.7 Å². The number of unbranched alkanes of at least 4 members (excludes halogenated alkanes) is 1. The van der Waals surface area contributed by atoms with Crippen LogP contribution in [0.1, 0.15) is 19.8 Å². The van der Waals surface area contributed by atoms with Crippen molar-refractivity contribution in [3.8, 4) is 0 Å². The lowest BCUT2D eigenvalue weighted by Crippen LogP contribution is -2.35. The summed E-state index contributed by atoms with van der Waals surface area (Å²) in [7, 11) is 0. The van der Waals surface area contributed by atoms with Crippen molar-refractivity contribution in [2.45, 2.75) is 19.8 Å². The summed E-state index contributed by atoms with van der Waals surface area (Å²) in [5, 5.41) is 11.6. The predicted octanol–water partition coefficient (Wildman–Crippen LogP) is 2.51. The average Bonchev–Trinajstić information content (AvgIpc) is 2.40. The average molecular weight is 303 g/mol. The molecule has 0 aromatic heterocycles. The molecule has 4 nitrogen and oxygen atoms in total. The quantitative estimate of drug-likeness (QED) is 0.776. The Hall–Kier alpha value is -1.17. The highest BCUT2D eigenvalue weighted by atomic mass is 35.5. The summed E-state index contributed by atoms with van der Waals surface area (Å²) in [6.07, 6.45) is 1.99. The minimum Gasteiger partial charge on any atom is -0.395 e. The molecule has 112 valence electrons. The van der Waals surface area contributed by atoms with Gasteiger partial charge in [0.1, 0.15) is 5.82 Å². The second-order valence-corrected chi connectivity index (χ2v) is 4.94. The Balaban J connectivity index is 2.53. The van der Waals surface area contributed by atoms with Crippen LogP contribution in [0, 0.1) is 5.82 Å². The van der Waals surface area contributed by atoms with E-state index in [1.165, 1.54) is 18.2 Å². The topological polar surface area (TPSA) is 52.6 Å². The van der Waals surface area contributed by atoms with Crippen LogP contribution < -0.4 is 5.32 Å². The minimum atomic E-state index is -0.519. The van der Waals surface area contributed by atoms with Gasteiger partial charge < -0.3 is 10.4 Å². The fraction of sp³-hybridized carbons (Fsp3) is 0.500. The number of halogens is 2. The first-order valence-electron chi connectivity index (χ1n) is 6.65. The normalized spacial score (nSPS) is 10.8. The lowest BCUT2D eigenvalue weighted by atomic mass is 10.3. The van der Waals surface area contributed by atoms with E-state index in [-0.39, 0.29) is 24.1 Å². The van der Waals surface area contributed by atoms with Gasteiger partial charge in [0, 0.05) is 12.2 Å². The Kier molecular flexibility index (Phi) is 7.51. The molecule has 0 spiro atoms. The Morgan fingerprint density at radius 2 is 2.20 bits per heavy atom. The number of carbonyl (C=O) groups is 1. The van der Waals surface area contributed by atoms with E-state index in [2.05, 4.69) is 12.2 Å². The molecule has 0 unspecified atom stereocenters. The lowest BCUT2D eigenvalue weighted by molar-refractivity contribution is -0.117. The third-order valence-electron chi connectivity index (χ3n) is 2.81. The van der Waals surface area contributed by atoms with Crippen LogP contribution in [0.25, 0.3) is 0 Å². The Morgan fingerprint density at radius 3 is 2.80 bits per heavy atom. The Labute approximate surface area is 123 Å². The second kappa shape index (κ2) is 8.89. The molecule has 0 heterocycles. The number of carbonyl (C=O) groups excluding carboxylic acids is 1. The number of benzene rings is 1. The van der Waals surface area contributed by atoms with E-state index in [1.807, 2.05) is 4.90 Å². The molecule has 0 aliphatic heterocycles. The minimum absolute atomic E-state index is 0.0133. The smallest absolute Gasteiger partial charge is 0.238 e. The van der Waals surface area contributed by atoms with E-state index in [1.54, 1.807) is 0 Å². The highest BCUT2D eigenvalue weighted by molar-refractivity contribution is 6.31. The molecule has 1 rings (SSSR count). The summed E-state index contributed by atoms with van der Waals surface area (Å²) in [6.45, 7) is 3.49. The molecule has 0 fully saturated rings. The summed E-state index contributed by atoms with van der Waals surface area (Å²) >= 11 is 5.65. The molecule has 0 saturated carbocycles. The van der Waals surface area contributed by atoms with Gasteiger partial charge >= 0.3 is 0 Å². The van der Waals surface area contributed by atoms with Crippen LogP contribution in [0.15, 0.2) is 18.2 Å². The fourth-order valence-corrected chi connectivity index (χ4v) is 1.95. The first-order valence-corrected chi connectivity index (χ1v) is 7.02. The van der Waals surface area contributed by atoms with Gasteiger partial charge in [0.05, 0.1) is 18.2 Å². The Morgan fingerprint density at radius 1 is 1.45 bits per heavy atom. The molecule has 20 heavy (non-hydrogen) atoms. The molecule has 0 radical (unpaired) electrons. The van der Waals surface area contributed by atoms with Gasteiger partial charge in [-0.2, -0.15) is 0 Å². The van der Waals surface area contributed by atoms with Crippen molar-refractivity contribution < 1.29 is 14.3 Å². The molecule has 0 aliphatic carbocycles. The van der Waals surface area contributed by atoms with Gasteiger partial charge in [0.25, 0.3) is 0 Å². The number of rotatable bonds is 8. The van der Waals surface area contributed by atoms with Crippen molar-refractivity contribution in [2.75, 3.05) is 31.6 Å². The van der Waals surface area contributed by atoms with Crippen LogP contribution in [0.2, 0.25) is 5.02 Å². The molecule has 6 heteroatoms. The highest BCUT2D eigenvalue weighted by Crippen LogP contribution is 2.19. The van der Waals surface area contributed by atoms with Crippen LogP contribution in [0.5, 0.6) is 0 Å². The molecular formula is C14H20ClFN2O2. The maximum absolute atomic E-state index is 13.0. The number of nitrogens with zero attached hydrogens (tertiary/aromatic N) is 1. The van der Waals surface area contributed by atoms with Crippen molar-refractivity contribution in [3.63, 3.8) is 0 Å². The highest BCUT2D eigenvalue weighted by Gasteiger charge is 2.11. The van der Waals surface area contributed by atoms with Crippen LogP contribution in [-0.4, -0.2) is 42.2 Å².